The molecule has 2 aromatic rings. The minimum Gasteiger partial charge on any atom is -0.504 e. The molecule has 2 rings (SSSR count). The van der Waals surface area contributed by atoms with E-state index >= 15 is 0 Å². The van der Waals surface area contributed by atoms with Gasteiger partial charge < -0.3 is 20.4 Å². The number of phenolic OH excluding ortho intramolecular Hbond substituents is 2. The summed E-state index contributed by atoms with van der Waals surface area (Å²) in [6, 6.07) is 4.79. The Hall–Kier alpha value is -2.44. The molecular formula is C12H17N5O2. The second-order valence-corrected chi connectivity index (χ2v) is 4.39. The summed E-state index contributed by atoms with van der Waals surface area (Å²) in [4.78, 5) is 4.85. The summed E-state index contributed by atoms with van der Waals surface area (Å²) in [5.74, 6) is 1.08. The zero-order valence-electron chi connectivity index (χ0n) is 10.9. The Balaban J connectivity index is 1.87. The molecule has 1 aromatic heterocycles. The van der Waals surface area contributed by atoms with Crippen LogP contribution in [0.15, 0.2) is 18.2 Å². The summed E-state index contributed by atoms with van der Waals surface area (Å²) in [6.07, 6.45) is 0.700. The molecule has 4 N–H and O–H groups in total. The average Bonchev–Trinajstić information content (AvgIpc) is 2.83. The maximum atomic E-state index is 9.38. The number of hydrogen-bond donors (Lipinski definition) is 4. The van der Waals surface area contributed by atoms with Crippen LogP contribution in [-0.2, 0) is 6.42 Å². The van der Waals surface area contributed by atoms with Crippen LogP contribution in [0.3, 0.4) is 0 Å². The lowest BCUT2D eigenvalue weighted by molar-refractivity contribution is 0.403. The molecule has 0 saturated carbocycles. The van der Waals surface area contributed by atoms with Gasteiger partial charge in [0.1, 0.15) is 0 Å². The van der Waals surface area contributed by atoms with Gasteiger partial charge in [-0.15, -0.1) is 10.2 Å². The molecule has 1 heterocycles. The van der Waals surface area contributed by atoms with Gasteiger partial charge in [-0.2, -0.15) is 0 Å². The highest BCUT2D eigenvalue weighted by atomic mass is 16.3. The number of aromatic hydroxyl groups is 2. The van der Waals surface area contributed by atoms with Crippen LogP contribution in [0, 0.1) is 0 Å². The number of phenols is 2. The zero-order chi connectivity index (χ0) is 13.8. The maximum Gasteiger partial charge on any atom is 0.225 e. The fraction of sp³-hybridized carbons (Fsp3) is 0.333. The summed E-state index contributed by atoms with van der Waals surface area (Å²) in [6.45, 7) is 0.645. The first kappa shape index (κ1) is 13.0. The third kappa shape index (κ3) is 3.27. The van der Waals surface area contributed by atoms with Crippen molar-refractivity contribution in [2.75, 3.05) is 30.9 Å². The highest BCUT2D eigenvalue weighted by molar-refractivity contribution is 5.41. The van der Waals surface area contributed by atoms with Crippen LogP contribution in [-0.4, -0.2) is 46.0 Å². The first-order valence-corrected chi connectivity index (χ1v) is 5.91. The summed E-state index contributed by atoms with van der Waals surface area (Å²) >= 11 is 0. The van der Waals surface area contributed by atoms with E-state index in [4.69, 9.17) is 0 Å². The molecule has 0 fully saturated rings. The monoisotopic (exact) mass is 263 g/mol. The largest absolute Gasteiger partial charge is 0.504 e. The van der Waals surface area contributed by atoms with Gasteiger partial charge in [0.15, 0.2) is 11.5 Å². The van der Waals surface area contributed by atoms with Crippen LogP contribution in [0.4, 0.5) is 11.9 Å². The van der Waals surface area contributed by atoms with Gasteiger partial charge in [-0.3, -0.25) is 4.98 Å². The number of hydrogen-bond acceptors (Lipinski definition) is 6. The molecule has 0 bridgehead atoms. The van der Waals surface area contributed by atoms with Gasteiger partial charge >= 0.3 is 0 Å². The van der Waals surface area contributed by atoms with E-state index in [1.54, 1.807) is 12.1 Å². The lowest BCUT2D eigenvalue weighted by Gasteiger charge is -2.06. The van der Waals surface area contributed by atoms with Gasteiger partial charge in [0.25, 0.3) is 0 Å². The fourth-order valence-corrected chi connectivity index (χ4v) is 1.58. The molecule has 0 aliphatic rings. The average molecular weight is 263 g/mol. The van der Waals surface area contributed by atoms with Crippen LogP contribution in [0.25, 0.3) is 0 Å². The fourth-order valence-electron chi connectivity index (χ4n) is 1.58. The van der Waals surface area contributed by atoms with E-state index in [2.05, 4.69) is 20.5 Å². The molecule has 7 nitrogen and oxygen atoms in total. The highest BCUT2D eigenvalue weighted by Gasteiger charge is 2.04. The van der Waals surface area contributed by atoms with E-state index in [0.29, 0.717) is 24.9 Å². The van der Waals surface area contributed by atoms with Crippen molar-refractivity contribution in [2.24, 2.45) is 0 Å². The first-order valence-electron chi connectivity index (χ1n) is 5.91. The second-order valence-electron chi connectivity index (χ2n) is 4.39. The van der Waals surface area contributed by atoms with Gasteiger partial charge in [-0.05, 0) is 24.1 Å². The molecule has 0 aliphatic carbocycles. The Labute approximate surface area is 110 Å². The molecular weight excluding hydrogens is 246 g/mol. The van der Waals surface area contributed by atoms with E-state index in [1.165, 1.54) is 6.07 Å². The lowest BCUT2D eigenvalue weighted by Crippen LogP contribution is -2.10. The van der Waals surface area contributed by atoms with Crippen molar-refractivity contribution in [3.05, 3.63) is 23.8 Å². The molecule has 102 valence electrons. The predicted octanol–water partition coefficient (Wildman–Crippen LogP) is 0.936. The SMILES string of the molecule is CN(C)c1nnc(NCCc2ccc(O)c(O)c2)[nH]1. The molecule has 0 spiro atoms. The van der Waals surface area contributed by atoms with Crippen molar-refractivity contribution < 1.29 is 10.2 Å². The highest BCUT2D eigenvalue weighted by Crippen LogP contribution is 2.24. The number of H-pyrrole nitrogens is 1. The first-order chi connectivity index (χ1) is 9.06. The van der Waals surface area contributed by atoms with Crippen molar-refractivity contribution in [1.29, 1.82) is 0 Å². The zero-order valence-corrected chi connectivity index (χ0v) is 10.9. The smallest absolute Gasteiger partial charge is 0.225 e. The quantitative estimate of drug-likeness (QED) is 0.599. The van der Waals surface area contributed by atoms with Gasteiger partial charge in [-0.1, -0.05) is 6.07 Å². The number of nitrogens with zero attached hydrogens (tertiary/aromatic N) is 3. The molecule has 1 aromatic carbocycles. The summed E-state index contributed by atoms with van der Waals surface area (Å²) < 4.78 is 0. The molecule has 19 heavy (non-hydrogen) atoms. The van der Waals surface area contributed by atoms with Crippen molar-refractivity contribution >= 4 is 11.9 Å². The Morgan fingerprint density at radius 3 is 2.63 bits per heavy atom. The van der Waals surface area contributed by atoms with Gasteiger partial charge in [0.05, 0.1) is 0 Å². The molecule has 0 radical (unpaired) electrons. The number of nitrogens with one attached hydrogen (secondary N) is 2. The van der Waals surface area contributed by atoms with Crippen molar-refractivity contribution in [3.63, 3.8) is 0 Å². The summed E-state index contributed by atoms with van der Waals surface area (Å²) in [5, 5.41) is 29.6. The van der Waals surface area contributed by atoms with Crippen molar-refractivity contribution in [1.82, 2.24) is 15.2 Å². The molecule has 0 saturated heterocycles. The maximum absolute atomic E-state index is 9.38. The third-order valence-electron chi connectivity index (χ3n) is 2.64. The van der Waals surface area contributed by atoms with E-state index in [1.807, 2.05) is 19.0 Å². The molecule has 0 aliphatic heterocycles. The number of rotatable bonds is 5. The van der Waals surface area contributed by atoms with Crippen molar-refractivity contribution in [3.8, 4) is 11.5 Å². The van der Waals surface area contributed by atoms with Crippen LogP contribution < -0.4 is 10.2 Å². The van der Waals surface area contributed by atoms with Crippen molar-refractivity contribution in [2.45, 2.75) is 6.42 Å². The standard InChI is InChI=1S/C12H17N5O2/c1-17(2)12-14-11(15-16-12)13-6-5-8-3-4-9(18)10(19)7-8/h3-4,7,18-19H,5-6H2,1-2H3,(H2,13,14,15,16). The van der Waals surface area contributed by atoms with Gasteiger partial charge in [-0.25, -0.2) is 0 Å². The lowest BCUT2D eigenvalue weighted by atomic mass is 10.1. The van der Waals surface area contributed by atoms with Gasteiger partial charge in [0.2, 0.25) is 11.9 Å². The summed E-state index contributed by atoms with van der Waals surface area (Å²) in [7, 11) is 3.76. The molecule has 0 amide bonds. The number of aromatic amines is 1. The van der Waals surface area contributed by atoms with E-state index in [-0.39, 0.29) is 11.5 Å². The van der Waals surface area contributed by atoms with Crippen LogP contribution in [0.5, 0.6) is 11.5 Å². The third-order valence-corrected chi connectivity index (χ3v) is 2.64. The van der Waals surface area contributed by atoms with E-state index in [9.17, 15) is 10.2 Å². The summed E-state index contributed by atoms with van der Waals surface area (Å²) in [5.41, 5.74) is 0.926. The normalized spacial score (nSPS) is 10.4. The van der Waals surface area contributed by atoms with Gasteiger partial charge in [0, 0.05) is 20.6 Å². The Kier molecular flexibility index (Phi) is 3.74. The Bertz CT molecular complexity index is 553. The van der Waals surface area contributed by atoms with Crippen LogP contribution in [0.2, 0.25) is 0 Å². The predicted molar refractivity (Wildman–Crippen MR) is 72.7 cm³/mol. The number of aromatic nitrogens is 3. The Morgan fingerprint density at radius 2 is 2.00 bits per heavy atom. The minimum atomic E-state index is -0.109. The second kappa shape index (κ2) is 5.47. The molecule has 7 heteroatoms. The number of anilines is 2. The van der Waals surface area contributed by atoms with E-state index in [0.717, 1.165) is 5.56 Å². The van der Waals surface area contributed by atoms with E-state index < -0.39 is 0 Å². The molecule has 0 unspecified atom stereocenters. The van der Waals surface area contributed by atoms with Crippen LogP contribution >= 0.6 is 0 Å². The number of benzene rings is 1. The Morgan fingerprint density at radius 1 is 1.21 bits per heavy atom. The topological polar surface area (TPSA) is 97.3 Å². The van der Waals surface area contributed by atoms with Crippen LogP contribution in [0.1, 0.15) is 5.56 Å². The molecule has 0 atom stereocenters. The minimum absolute atomic E-state index is 0.105.